The Morgan fingerprint density at radius 2 is 2.25 bits per heavy atom. The van der Waals surface area contributed by atoms with Crippen molar-refractivity contribution >= 4 is 17.1 Å². The number of nitrogens with one attached hydrogen (secondary N) is 1. The molecular weight excluding hydrogens is 152 g/mol. The highest BCUT2D eigenvalue weighted by Crippen LogP contribution is 1.88. The van der Waals surface area contributed by atoms with E-state index in [1.165, 1.54) is 13.2 Å². The van der Waals surface area contributed by atoms with E-state index < -0.39 is 0 Å². The molecule has 0 aromatic heterocycles. The molecule has 0 aromatic carbocycles. The molecule has 0 radical (unpaired) electrons. The molecule has 0 aliphatic heterocycles. The maximum atomic E-state index is 8.60. The first-order chi connectivity index (χ1) is 5.67. The molecule has 0 fully saturated rings. The lowest BCUT2D eigenvalue weighted by Crippen LogP contribution is -2.19. The van der Waals surface area contributed by atoms with Crippen LogP contribution < -0.4 is 0 Å². The van der Waals surface area contributed by atoms with Crippen molar-refractivity contribution in [3.63, 3.8) is 0 Å². The summed E-state index contributed by atoms with van der Waals surface area (Å²) in [5.74, 6) is 0. The van der Waals surface area contributed by atoms with Crippen molar-refractivity contribution in [1.82, 2.24) is 0 Å². The van der Waals surface area contributed by atoms with Crippen LogP contribution in [0, 0.1) is 16.7 Å². The van der Waals surface area contributed by atoms with E-state index in [1.807, 2.05) is 6.07 Å². The predicted molar refractivity (Wildman–Crippen MR) is 50.0 cm³/mol. The molecule has 4 heteroatoms. The number of nitriles is 1. The lowest BCUT2D eigenvalue weighted by atomic mass is 10.2. The minimum atomic E-state index is 0.125. The Kier molecular flexibility index (Phi) is 4.24. The maximum Gasteiger partial charge on any atom is 0.167 e. The average Bonchev–Trinajstić information content (AvgIpc) is 2.03. The Labute approximate surface area is 71.5 Å². The van der Waals surface area contributed by atoms with Crippen LogP contribution in [-0.4, -0.2) is 24.2 Å². The number of hydrogen-bond donors (Lipinski definition) is 1. The minimum absolute atomic E-state index is 0.125. The van der Waals surface area contributed by atoms with Crippen molar-refractivity contribution in [2.75, 3.05) is 7.05 Å². The van der Waals surface area contributed by atoms with Gasteiger partial charge in [0.15, 0.2) is 5.71 Å². The fraction of sp³-hybridized carbons (Fsp3) is 0.250. The summed E-state index contributed by atoms with van der Waals surface area (Å²) in [6.45, 7) is 4.91. The van der Waals surface area contributed by atoms with Gasteiger partial charge in [0.25, 0.3) is 0 Å². The van der Waals surface area contributed by atoms with E-state index in [4.69, 9.17) is 10.7 Å². The maximum absolute atomic E-state index is 8.60. The van der Waals surface area contributed by atoms with E-state index in [-0.39, 0.29) is 11.4 Å². The summed E-state index contributed by atoms with van der Waals surface area (Å²) in [5.41, 5.74) is 0.650. The number of rotatable bonds is 3. The molecule has 4 nitrogen and oxygen atoms in total. The highest BCUT2D eigenvalue weighted by Gasteiger charge is 2.08. The van der Waals surface area contributed by atoms with Gasteiger partial charge in [-0.05, 0) is 6.92 Å². The summed E-state index contributed by atoms with van der Waals surface area (Å²) in [5, 5.41) is 15.9. The standard InChI is InChI=1S/C8H10N4/c1-4-12-7(5-9)8(11-3)6(2)10/h4,10H,1H2,2-3H3. The molecule has 0 bridgehead atoms. The van der Waals surface area contributed by atoms with Gasteiger partial charge in [0.1, 0.15) is 11.8 Å². The van der Waals surface area contributed by atoms with E-state index in [1.54, 1.807) is 6.92 Å². The van der Waals surface area contributed by atoms with E-state index in [0.29, 0.717) is 5.71 Å². The summed E-state index contributed by atoms with van der Waals surface area (Å²) in [7, 11) is 1.52. The van der Waals surface area contributed by atoms with Gasteiger partial charge in [-0.1, -0.05) is 6.58 Å². The van der Waals surface area contributed by atoms with Crippen LogP contribution in [0.2, 0.25) is 0 Å². The van der Waals surface area contributed by atoms with Gasteiger partial charge in [-0.3, -0.25) is 4.99 Å². The van der Waals surface area contributed by atoms with Crippen LogP contribution in [0.15, 0.2) is 22.8 Å². The second-order valence-corrected chi connectivity index (χ2v) is 1.97. The molecule has 0 unspecified atom stereocenters. The molecule has 0 amide bonds. The summed E-state index contributed by atoms with van der Waals surface area (Å²) < 4.78 is 0. The molecule has 0 rings (SSSR count). The molecule has 62 valence electrons. The number of aliphatic imine (C=N–C) groups is 2. The molecule has 0 aromatic rings. The lowest BCUT2D eigenvalue weighted by molar-refractivity contribution is 1.43. The third-order valence-electron chi connectivity index (χ3n) is 1.13. The molecule has 0 heterocycles. The van der Waals surface area contributed by atoms with Gasteiger partial charge in [0.2, 0.25) is 0 Å². The summed E-state index contributed by atoms with van der Waals surface area (Å²) in [4.78, 5) is 7.45. The Bertz CT molecular complexity index is 291. The van der Waals surface area contributed by atoms with Crippen LogP contribution in [0.1, 0.15) is 6.92 Å². The first-order valence-electron chi connectivity index (χ1n) is 3.28. The van der Waals surface area contributed by atoms with E-state index in [0.717, 1.165) is 0 Å². The van der Waals surface area contributed by atoms with Gasteiger partial charge in [-0.15, -0.1) is 0 Å². The Morgan fingerprint density at radius 1 is 1.67 bits per heavy atom. The van der Waals surface area contributed by atoms with Gasteiger partial charge in [-0.25, -0.2) is 4.99 Å². The number of hydrogen-bond acceptors (Lipinski definition) is 4. The van der Waals surface area contributed by atoms with Crippen LogP contribution in [0.5, 0.6) is 0 Å². The average molecular weight is 162 g/mol. The van der Waals surface area contributed by atoms with Crippen molar-refractivity contribution in [2.45, 2.75) is 6.92 Å². The molecule has 0 spiro atoms. The Hall–Kier alpha value is -1.76. The normalized spacial score (nSPS) is 12.1. The monoisotopic (exact) mass is 162 g/mol. The van der Waals surface area contributed by atoms with Crippen LogP contribution >= 0.6 is 0 Å². The molecular formula is C8H10N4. The third kappa shape index (κ3) is 2.46. The first-order valence-corrected chi connectivity index (χ1v) is 3.28. The largest absolute Gasteiger partial charge is 0.303 e. The van der Waals surface area contributed by atoms with Crippen LogP contribution in [0.4, 0.5) is 0 Å². The topological polar surface area (TPSA) is 72.4 Å². The summed E-state index contributed by atoms with van der Waals surface area (Å²) >= 11 is 0. The summed E-state index contributed by atoms with van der Waals surface area (Å²) in [6.07, 6.45) is 1.26. The van der Waals surface area contributed by atoms with Crippen LogP contribution in [0.3, 0.4) is 0 Å². The van der Waals surface area contributed by atoms with Crippen molar-refractivity contribution in [3.8, 4) is 6.07 Å². The van der Waals surface area contributed by atoms with Gasteiger partial charge >= 0.3 is 0 Å². The quantitative estimate of drug-likeness (QED) is 0.622. The smallest absolute Gasteiger partial charge is 0.167 e. The van der Waals surface area contributed by atoms with Gasteiger partial charge in [-0.2, -0.15) is 5.26 Å². The van der Waals surface area contributed by atoms with E-state index >= 15 is 0 Å². The van der Waals surface area contributed by atoms with Crippen LogP contribution in [-0.2, 0) is 0 Å². The van der Waals surface area contributed by atoms with E-state index in [9.17, 15) is 0 Å². The molecule has 0 saturated heterocycles. The van der Waals surface area contributed by atoms with E-state index in [2.05, 4.69) is 16.6 Å². The van der Waals surface area contributed by atoms with Crippen molar-refractivity contribution < 1.29 is 0 Å². The molecule has 0 aliphatic carbocycles. The van der Waals surface area contributed by atoms with Gasteiger partial charge in [0.05, 0.1) is 5.71 Å². The molecule has 0 atom stereocenters. The zero-order valence-electron chi connectivity index (χ0n) is 7.13. The van der Waals surface area contributed by atoms with Crippen molar-refractivity contribution in [3.05, 3.63) is 12.8 Å². The number of nitrogens with zero attached hydrogens (tertiary/aromatic N) is 3. The second kappa shape index (κ2) is 4.97. The molecule has 1 N–H and O–H groups in total. The fourth-order valence-corrected chi connectivity index (χ4v) is 0.685. The first kappa shape index (κ1) is 10.2. The Balaban J connectivity index is 4.99. The third-order valence-corrected chi connectivity index (χ3v) is 1.13. The van der Waals surface area contributed by atoms with Gasteiger partial charge in [0, 0.05) is 13.2 Å². The lowest BCUT2D eigenvalue weighted by Gasteiger charge is -1.97. The summed E-state index contributed by atoms with van der Waals surface area (Å²) in [6, 6.07) is 1.84. The fourth-order valence-electron chi connectivity index (χ4n) is 0.685. The molecule has 12 heavy (non-hydrogen) atoms. The predicted octanol–water partition coefficient (Wildman–Crippen LogP) is 1.20. The molecule has 0 aliphatic rings. The minimum Gasteiger partial charge on any atom is -0.303 e. The second-order valence-electron chi connectivity index (χ2n) is 1.97. The highest BCUT2D eigenvalue weighted by molar-refractivity contribution is 6.70. The van der Waals surface area contributed by atoms with Crippen molar-refractivity contribution in [1.29, 1.82) is 10.7 Å². The zero-order chi connectivity index (χ0) is 9.56. The van der Waals surface area contributed by atoms with Crippen molar-refractivity contribution in [2.24, 2.45) is 9.98 Å². The highest BCUT2D eigenvalue weighted by atomic mass is 14.8. The SMILES string of the molecule is C=CN=C(C#N)C(=NC)C(C)=N. The molecule has 0 saturated carbocycles. The Morgan fingerprint density at radius 3 is 2.50 bits per heavy atom. The van der Waals surface area contributed by atoms with Gasteiger partial charge < -0.3 is 5.41 Å². The zero-order valence-corrected chi connectivity index (χ0v) is 7.13. The van der Waals surface area contributed by atoms with Crippen LogP contribution in [0.25, 0.3) is 0 Å².